The summed E-state index contributed by atoms with van der Waals surface area (Å²) in [4.78, 5) is 0.970. The molecular formula is C15H14N2O2S. The summed E-state index contributed by atoms with van der Waals surface area (Å²) in [7, 11) is 1.64. The molecule has 2 heterocycles. The van der Waals surface area contributed by atoms with Crippen LogP contribution in [0.3, 0.4) is 0 Å². The highest BCUT2D eigenvalue weighted by Gasteiger charge is 2.18. The van der Waals surface area contributed by atoms with E-state index < -0.39 is 0 Å². The average molecular weight is 286 g/mol. The molecule has 2 N–H and O–H groups in total. The summed E-state index contributed by atoms with van der Waals surface area (Å²) in [5, 5.41) is 6.02. The second-order valence-corrected chi connectivity index (χ2v) is 5.40. The van der Waals surface area contributed by atoms with Crippen molar-refractivity contribution >= 4 is 17.2 Å². The Labute approximate surface area is 120 Å². The zero-order chi connectivity index (χ0) is 14.1. The number of nitrogens with two attached hydrogens (primary N) is 1. The van der Waals surface area contributed by atoms with Crippen molar-refractivity contribution < 1.29 is 9.26 Å². The van der Waals surface area contributed by atoms with E-state index in [2.05, 4.69) is 5.16 Å². The number of thiophene rings is 1. The molecule has 0 bridgehead atoms. The van der Waals surface area contributed by atoms with Crippen LogP contribution in [0, 0.1) is 6.92 Å². The van der Waals surface area contributed by atoms with Crippen molar-refractivity contribution in [1.29, 1.82) is 0 Å². The Bertz CT molecular complexity index is 729. The van der Waals surface area contributed by atoms with Gasteiger partial charge in [0.05, 0.1) is 17.6 Å². The highest BCUT2D eigenvalue weighted by Crippen LogP contribution is 2.40. The maximum absolute atomic E-state index is 5.93. The lowest BCUT2D eigenvalue weighted by Crippen LogP contribution is -1.87. The van der Waals surface area contributed by atoms with Crippen LogP contribution < -0.4 is 10.5 Å². The van der Waals surface area contributed by atoms with E-state index in [9.17, 15) is 0 Å². The standard InChI is InChI=1S/C15H14N2O2S/c1-9-3-5-10(6-4-9)13-14(17-19-15(13)16)12-7-11(18-2)8-20-12/h3-8H,16H2,1-2H3. The van der Waals surface area contributed by atoms with E-state index in [1.54, 1.807) is 18.4 Å². The lowest BCUT2D eigenvalue weighted by Gasteiger charge is -2.01. The van der Waals surface area contributed by atoms with E-state index in [1.165, 1.54) is 5.56 Å². The molecule has 4 nitrogen and oxygen atoms in total. The Balaban J connectivity index is 2.11. The number of hydrogen-bond donors (Lipinski definition) is 1. The van der Waals surface area contributed by atoms with Crippen LogP contribution in [0.5, 0.6) is 5.75 Å². The Morgan fingerprint density at radius 3 is 2.65 bits per heavy atom. The third kappa shape index (κ3) is 2.16. The first-order valence-electron chi connectivity index (χ1n) is 6.14. The minimum absolute atomic E-state index is 0.330. The molecule has 0 aliphatic rings. The van der Waals surface area contributed by atoms with Crippen molar-refractivity contribution in [2.24, 2.45) is 0 Å². The van der Waals surface area contributed by atoms with Gasteiger partial charge in [-0.15, -0.1) is 11.3 Å². The van der Waals surface area contributed by atoms with Gasteiger partial charge in [0.2, 0.25) is 5.88 Å². The van der Waals surface area contributed by atoms with E-state index in [-0.39, 0.29) is 0 Å². The topological polar surface area (TPSA) is 61.3 Å². The third-order valence-electron chi connectivity index (χ3n) is 3.10. The molecule has 3 aromatic rings. The van der Waals surface area contributed by atoms with Crippen LogP contribution in [0.25, 0.3) is 21.7 Å². The number of hydrogen-bond acceptors (Lipinski definition) is 5. The summed E-state index contributed by atoms with van der Waals surface area (Å²) in [6.07, 6.45) is 0. The number of aryl methyl sites for hydroxylation is 1. The summed E-state index contributed by atoms with van der Waals surface area (Å²) in [6, 6.07) is 10.1. The fraction of sp³-hybridized carbons (Fsp3) is 0.133. The molecule has 0 fully saturated rings. The smallest absolute Gasteiger partial charge is 0.230 e. The summed E-state index contributed by atoms with van der Waals surface area (Å²) >= 11 is 1.55. The third-order valence-corrected chi connectivity index (χ3v) is 4.02. The molecule has 2 aromatic heterocycles. The fourth-order valence-electron chi connectivity index (χ4n) is 2.02. The van der Waals surface area contributed by atoms with Gasteiger partial charge in [-0.05, 0) is 12.5 Å². The predicted molar refractivity (Wildman–Crippen MR) is 81.0 cm³/mol. The van der Waals surface area contributed by atoms with Crippen LogP contribution in [0.1, 0.15) is 5.56 Å². The van der Waals surface area contributed by atoms with Gasteiger partial charge >= 0.3 is 0 Å². The highest BCUT2D eigenvalue weighted by molar-refractivity contribution is 7.13. The van der Waals surface area contributed by atoms with Crippen molar-refractivity contribution in [3.05, 3.63) is 41.3 Å². The van der Waals surface area contributed by atoms with Gasteiger partial charge in [0.25, 0.3) is 0 Å². The van der Waals surface area contributed by atoms with Gasteiger partial charge in [0, 0.05) is 11.4 Å². The fourth-order valence-corrected chi connectivity index (χ4v) is 2.86. The van der Waals surface area contributed by atoms with E-state index in [0.29, 0.717) is 5.88 Å². The molecule has 0 radical (unpaired) electrons. The van der Waals surface area contributed by atoms with Crippen molar-refractivity contribution in [3.63, 3.8) is 0 Å². The maximum Gasteiger partial charge on any atom is 0.230 e. The molecule has 0 saturated heterocycles. The van der Waals surface area contributed by atoms with Gasteiger partial charge in [-0.3, -0.25) is 0 Å². The summed E-state index contributed by atoms with van der Waals surface area (Å²) < 4.78 is 10.4. The normalized spacial score (nSPS) is 10.7. The lowest BCUT2D eigenvalue weighted by molar-refractivity contribution is 0.416. The van der Waals surface area contributed by atoms with E-state index in [4.69, 9.17) is 15.0 Å². The molecule has 0 aliphatic heterocycles. The second kappa shape index (κ2) is 5.02. The van der Waals surface area contributed by atoms with Crippen LogP contribution in [0.15, 0.2) is 40.2 Å². The number of aromatic nitrogens is 1. The average Bonchev–Trinajstić information content (AvgIpc) is 3.06. The summed E-state index contributed by atoms with van der Waals surface area (Å²) in [5.41, 5.74) is 9.70. The van der Waals surface area contributed by atoms with E-state index in [1.807, 2.05) is 42.6 Å². The lowest BCUT2D eigenvalue weighted by atomic mass is 10.0. The Kier molecular flexibility index (Phi) is 3.20. The number of benzene rings is 1. The zero-order valence-corrected chi connectivity index (χ0v) is 12.0. The number of methoxy groups -OCH3 is 1. The Hall–Kier alpha value is -2.27. The molecule has 0 amide bonds. The number of nitrogen functional groups attached to an aromatic ring is 1. The first-order valence-corrected chi connectivity index (χ1v) is 7.02. The molecule has 0 spiro atoms. The second-order valence-electron chi connectivity index (χ2n) is 4.49. The monoisotopic (exact) mass is 286 g/mol. The van der Waals surface area contributed by atoms with Gasteiger partial charge in [0.1, 0.15) is 11.4 Å². The molecule has 102 valence electrons. The largest absolute Gasteiger partial charge is 0.496 e. The zero-order valence-electron chi connectivity index (χ0n) is 11.2. The van der Waals surface area contributed by atoms with Gasteiger partial charge in [-0.1, -0.05) is 35.0 Å². The molecule has 0 aliphatic carbocycles. The van der Waals surface area contributed by atoms with Crippen molar-refractivity contribution in [2.45, 2.75) is 6.92 Å². The SMILES string of the molecule is COc1csc(-c2noc(N)c2-c2ccc(C)cc2)c1. The molecule has 0 saturated carbocycles. The van der Waals surface area contributed by atoms with Gasteiger partial charge in [-0.2, -0.15) is 0 Å². The summed E-state index contributed by atoms with van der Waals surface area (Å²) in [6.45, 7) is 2.05. The van der Waals surface area contributed by atoms with Gasteiger partial charge in [0.15, 0.2) is 0 Å². The number of anilines is 1. The minimum atomic E-state index is 0.330. The molecule has 3 rings (SSSR count). The molecule has 0 unspecified atom stereocenters. The molecule has 1 aromatic carbocycles. The van der Waals surface area contributed by atoms with Crippen molar-refractivity contribution in [2.75, 3.05) is 12.8 Å². The first-order chi connectivity index (χ1) is 9.69. The first kappa shape index (κ1) is 12.7. The van der Waals surface area contributed by atoms with Crippen LogP contribution in [0.2, 0.25) is 0 Å². The number of rotatable bonds is 3. The van der Waals surface area contributed by atoms with Crippen molar-refractivity contribution in [1.82, 2.24) is 5.16 Å². The number of ether oxygens (including phenoxy) is 1. The maximum atomic E-state index is 5.93. The molecular weight excluding hydrogens is 272 g/mol. The number of nitrogens with zero attached hydrogens (tertiary/aromatic N) is 1. The van der Waals surface area contributed by atoms with Gasteiger partial charge in [-0.25, -0.2) is 0 Å². The Morgan fingerprint density at radius 1 is 1.25 bits per heavy atom. The van der Waals surface area contributed by atoms with E-state index >= 15 is 0 Å². The van der Waals surface area contributed by atoms with E-state index in [0.717, 1.165) is 27.4 Å². The minimum Gasteiger partial charge on any atom is -0.496 e. The van der Waals surface area contributed by atoms with Crippen LogP contribution in [-0.2, 0) is 0 Å². The molecule has 0 atom stereocenters. The summed E-state index contributed by atoms with van der Waals surface area (Å²) in [5.74, 6) is 1.14. The van der Waals surface area contributed by atoms with Crippen LogP contribution >= 0.6 is 11.3 Å². The van der Waals surface area contributed by atoms with Crippen LogP contribution in [-0.4, -0.2) is 12.3 Å². The highest BCUT2D eigenvalue weighted by atomic mass is 32.1. The van der Waals surface area contributed by atoms with Crippen LogP contribution in [0.4, 0.5) is 5.88 Å². The predicted octanol–water partition coefficient (Wildman–Crippen LogP) is 3.97. The Morgan fingerprint density at radius 2 is 2.00 bits per heavy atom. The quantitative estimate of drug-likeness (QED) is 0.791. The molecule has 20 heavy (non-hydrogen) atoms. The molecule has 5 heteroatoms. The van der Waals surface area contributed by atoms with Crippen molar-refractivity contribution in [3.8, 4) is 27.4 Å². The van der Waals surface area contributed by atoms with Gasteiger partial charge < -0.3 is 15.0 Å².